The van der Waals surface area contributed by atoms with Crippen LogP contribution in [0.25, 0.3) is 0 Å². The van der Waals surface area contributed by atoms with Crippen LogP contribution in [0.5, 0.6) is 5.75 Å². The van der Waals surface area contributed by atoms with Crippen LogP contribution in [0.4, 0.5) is 0 Å². The minimum absolute atomic E-state index is 0.162. The molecule has 6 heteroatoms. The molecule has 1 atom stereocenters. The van der Waals surface area contributed by atoms with Crippen molar-refractivity contribution < 1.29 is 23.9 Å². The number of carbonyl (C=O) groups is 1. The molecule has 0 aliphatic carbocycles. The summed E-state index contributed by atoms with van der Waals surface area (Å²) >= 11 is 0. The molecule has 1 saturated heterocycles. The first kappa shape index (κ1) is 18.8. The molecule has 0 spiro atoms. The van der Waals surface area contributed by atoms with Crippen molar-refractivity contribution in [3.8, 4) is 5.75 Å². The van der Waals surface area contributed by atoms with E-state index in [-0.39, 0.29) is 24.0 Å². The first-order valence-corrected chi connectivity index (χ1v) is 8.38. The Morgan fingerprint density at radius 1 is 1.25 bits per heavy atom. The third kappa shape index (κ3) is 3.76. The Labute approximate surface area is 144 Å². The number of aryl methyl sites for hydroxylation is 1. The fraction of sp³-hybridized carbons (Fsp3) is 0.611. The third-order valence-electron chi connectivity index (χ3n) is 4.94. The molecule has 1 fully saturated rings. The zero-order valence-corrected chi connectivity index (χ0v) is 15.4. The third-order valence-corrected chi connectivity index (χ3v) is 4.94. The van der Waals surface area contributed by atoms with Gasteiger partial charge in [-0.05, 0) is 58.7 Å². The molecule has 0 radical (unpaired) electrons. The van der Waals surface area contributed by atoms with E-state index in [1.807, 2.05) is 40.7 Å². The Morgan fingerprint density at radius 3 is 2.33 bits per heavy atom. The zero-order valence-electron chi connectivity index (χ0n) is 15.4. The molecule has 24 heavy (non-hydrogen) atoms. The van der Waals surface area contributed by atoms with Crippen LogP contribution >= 0.6 is 0 Å². The summed E-state index contributed by atoms with van der Waals surface area (Å²) in [6.07, 6.45) is 0.162. The summed E-state index contributed by atoms with van der Waals surface area (Å²) in [5.41, 5.74) is 0.683. The van der Waals surface area contributed by atoms with Gasteiger partial charge in [-0.2, -0.15) is 0 Å². The minimum Gasteiger partial charge on any atom is -0.508 e. The van der Waals surface area contributed by atoms with E-state index in [4.69, 9.17) is 14.0 Å². The first-order chi connectivity index (χ1) is 11.1. The lowest BCUT2D eigenvalue weighted by Crippen LogP contribution is -2.41. The standard InChI is InChI=1S/C18H27BO5/c1-7-22-16(21)11-14(13-8-9-15(20)12(2)10-13)19-23-17(3,4)18(5,6)24-19/h8-10,14,20H,7,11H2,1-6H3. The lowest BCUT2D eigenvalue weighted by atomic mass is 9.66. The van der Waals surface area contributed by atoms with Crippen LogP contribution in [0.2, 0.25) is 0 Å². The van der Waals surface area contributed by atoms with Crippen molar-refractivity contribution in [2.45, 2.75) is 65.0 Å². The highest BCUT2D eigenvalue weighted by Gasteiger charge is 2.54. The van der Waals surface area contributed by atoms with Crippen LogP contribution in [0.15, 0.2) is 18.2 Å². The van der Waals surface area contributed by atoms with E-state index < -0.39 is 18.3 Å². The Kier molecular flexibility index (Phi) is 5.30. The van der Waals surface area contributed by atoms with Crippen LogP contribution in [0, 0.1) is 6.92 Å². The van der Waals surface area contributed by atoms with E-state index in [0.29, 0.717) is 6.61 Å². The van der Waals surface area contributed by atoms with Gasteiger partial charge >= 0.3 is 13.1 Å². The number of hydrogen-bond acceptors (Lipinski definition) is 5. The van der Waals surface area contributed by atoms with Crippen LogP contribution in [-0.2, 0) is 18.8 Å². The number of rotatable bonds is 5. The summed E-state index contributed by atoms with van der Waals surface area (Å²) in [6, 6.07) is 5.30. The van der Waals surface area contributed by atoms with Crippen molar-refractivity contribution in [3.63, 3.8) is 0 Å². The average molecular weight is 334 g/mol. The van der Waals surface area contributed by atoms with Crippen molar-refractivity contribution in [1.82, 2.24) is 0 Å². The number of carbonyl (C=O) groups excluding carboxylic acids is 1. The van der Waals surface area contributed by atoms with Gasteiger partial charge in [0, 0.05) is 5.82 Å². The van der Waals surface area contributed by atoms with Crippen molar-refractivity contribution in [2.75, 3.05) is 6.61 Å². The van der Waals surface area contributed by atoms with Gasteiger partial charge in [0.1, 0.15) is 5.75 Å². The van der Waals surface area contributed by atoms with E-state index in [2.05, 4.69) is 0 Å². The zero-order chi connectivity index (χ0) is 18.1. The van der Waals surface area contributed by atoms with Crippen molar-refractivity contribution in [1.29, 1.82) is 0 Å². The molecular formula is C18H27BO5. The Balaban J connectivity index is 2.33. The quantitative estimate of drug-likeness (QED) is 0.661. The number of aromatic hydroxyl groups is 1. The van der Waals surface area contributed by atoms with E-state index in [1.165, 1.54) is 0 Å². The predicted molar refractivity (Wildman–Crippen MR) is 92.9 cm³/mol. The molecule has 1 unspecified atom stereocenters. The predicted octanol–water partition coefficient (Wildman–Crippen LogP) is 3.37. The largest absolute Gasteiger partial charge is 0.508 e. The summed E-state index contributed by atoms with van der Waals surface area (Å²) < 4.78 is 17.4. The van der Waals surface area contributed by atoms with Gasteiger partial charge in [0.25, 0.3) is 0 Å². The topological polar surface area (TPSA) is 65.0 Å². The van der Waals surface area contributed by atoms with Crippen LogP contribution < -0.4 is 0 Å². The summed E-state index contributed by atoms with van der Waals surface area (Å²) in [6.45, 7) is 11.9. The first-order valence-electron chi connectivity index (χ1n) is 8.38. The molecule has 0 aromatic heterocycles. The molecule has 0 amide bonds. The van der Waals surface area contributed by atoms with E-state index in [9.17, 15) is 9.90 Å². The summed E-state index contributed by atoms with van der Waals surface area (Å²) in [4.78, 5) is 12.1. The molecule has 2 rings (SSSR count). The van der Waals surface area contributed by atoms with Gasteiger partial charge in [-0.15, -0.1) is 0 Å². The Bertz CT molecular complexity index is 595. The Morgan fingerprint density at radius 2 is 1.83 bits per heavy atom. The lowest BCUT2D eigenvalue weighted by Gasteiger charge is -2.32. The number of ether oxygens (including phenoxy) is 1. The number of hydrogen-bond donors (Lipinski definition) is 1. The molecule has 1 N–H and O–H groups in total. The number of esters is 1. The molecule has 1 aliphatic rings. The maximum Gasteiger partial charge on any atom is 0.466 e. The molecule has 1 heterocycles. The maximum atomic E-state index is 12.1. The van der Waals surface area contributed by atoms with E-state index in [1.54, 1.807) is 19.1 Å². The summed E-state index contributed by atoms with van der Waals surface area (Å²) in [5, 5.41) is 9.77. The molecule has 1 aromatic rings. The van der Waals surface area contributed by atoms with E-state index >= 15 is 0 Å². The molecule has 1 aliphatic heterocycles. The highest BCUT2D eigenvalue weighted by Crippen LogP contribution is 2.42. The SMILES string of the molecule is CCOC(=O)CC(B1OC(C)(C)C(C)(C)O1)c1ccc(O)c(C)c1. The molecule has 5 nitrogen and oxygen atoms in total. The molecular weight excluding hydrogens is 307 g/mol. The maximum absolute atomic E-state index is 12.1. The number of benzene rings is 1. The molecule has 132 valence electrons. The van der Waals surface area contributed by atoms with Crippen molar-refractivity contribution >= 4 is 13.1 Å². The van der Waals surface area contributed by atoms with Crippen LogP contribution in [0.1, 0.15) is 58.0 Å². The van der Waals surface area contributed by atoms with Gasteiger partial charge in [-0.25, -0.2) is 0 Å². The van der Waals surface area contributed by atoms with Crippen LogP contribution in [-0.4, -0.2) is 36.0 Å². The molecule has 0 bridgehead atoms. The summed E-state index contributed by atoms with van der Waals surface area (Å²) in [7, 11) is -0.552. The fourth-order valence-corrected chi connectivity index (χ4v) is 2.73. The van der Waals surface area contributed by atoms with Crippen LogP contribution in [0.3, 0.4) is 0 Å². The van der Waals surface area contributed by atoms with Crippen molar-refractivity contribution in [2.24, 2.45) is 0 Å². The second kappa shape index (κ2) is 6.77. The number of phenolic OH excluding ortho intramolecular Hbond substituents is 1. The highest BCUT2D eigenvalue weighted by atomic mass is 16.7. The second-order valence-corrected chi connectivity index (χ2v) is 7.29. The smallest absolute Gasteiger partial charge is 0.466 e. The molecule has 1 aromatic carbocycles. The normalized spacial score (nSPS) is 20.0. The second-order valence-electron chi connectivity index (χ2n) is 7.29. The molecule has 0 saturated carbocycles. The minimum atomic E-state index is -0.552. The van der Waals surface area contributed by atoms with E-state index in [0.717, 1.165) is 11.1 Å². The van der Waals surface area contributed by atoms with Gasteiger partial charge in [0.15, 0.2) is 0 Å². The summed E-state index contributed by atoms with van der Waals surface area (Å²) in [5.74, 6) is -0.366. The van der Waals surface area contributed by atoms with Gasteiger partial charge < -0.3 is 19.2 Å². The average Bonchev–Trinajstić information content (AvgIpc) is 2.68. The fourth-order valence-electron chi connectivity index (χ4n) is 2.73. The highest BCUT2D eigenvalue weighted by molar-refractivity contribution is 6.48. The lowest BCUT2D eigenvalue weighted by molar-refractivity contribution is -0.143. The Hall–Kier alpha value is -1.53. The van der Waals surface area contributed by atoms with Gasteiger partial charge in [0.2, 0.25) is 0 Å². The monoisotopic (exact) mass is 334 g/mol. The van der Waals surface area contributed by atoms with Gasteiger partial charge in [0.05, 0.1) is 24.2 Å². The van der Waals surface area contributed by atoms with Gasteiger partial charge in [-0.1, -0.05) is 12.1 Å². The van der Waals surface area contributed by atoms with Gasteiger partial charge in [-0.3, -0.25) is 4.79 Å². The van der Waals surface area contributed by atoms with Crippen molar-refractivity contribution in [3.05, 3.63) is 29.3 Å². The number of phenols is 1.